The molecule has 0 saturated heterocycles. The summed E-state index contributed by atoms with van der Waals surface area (Å²) in [6.45, 7) is 5.18. The number of hydrogen-bond donors (Lipinski definition) is 1. The van der Waals surface area contributed by atoms with E-state index < -0.39 is 0 Å². The van der Waals surface area contributed by atoms with Crippen LogP contribution in [0.5, 0.6) is 0 Å². The number of rotatable bonds is 3. The van der Waals surface area contributed by atoms with Crippen LogP contribution in [0.2, 0.25) is 0 Å². The molecule has 2 aliphatic carbocycles. The van der Waals surface area contributed by atoms with E-state index in [2.05, 4.69) is 31.3 Å². The fourth-order valence-electron chi connectivity index (χ4n) is 2.54. The van der Waals surface area contributed by atoms with Crippen LogP contribution in [0.1, 0.15) is 47.2 Å². The molecule has 0 bridgehead atoms. The molecule has 18 heavy (non-hydrogen) atoms. The van der Waals surface area contributed by atoms with Crippen LogP contribution in [-0.2, 0) is 0 Å². The van der Waals surface area contributed by atoms with Gasteiger partial charge in [-0.3, -0.25) is 4.79 Å². The zero-order chi connectivity index (χ0) is 12.7. The maximum absolute atomic E-state index is 12.4. The Bertz CT molecular complexity index is 526. The van der Waals surface area contributed by atoms with Crippen molar-refractivity contribution in [2.24, 2.45) is 5.92 Å². The number of Topliss-reactive ketones (excluding diaryl/α,β-unsaturated/α-hetero) is 1. The van der Waals surface area contributed by atoms with Gasteiger partial charge in [0.25, 0.3) is 0 Å². The summed E-state index contributed by atoms with van der Waals surface area (Å²) in [5, 5.41) is 3.33. The predicted molar refractivity (Wildman–Crippen MR) is 72.7 cm³/mol. The van der Waals surface area contributed by atoms with E-state index in [-0.39, 0.29) is 5.78 Å². The lowest BCUT2D eigenvalue weighted by Gasteiger charge is -2.22. The molecule has 94 valence electrons. The molecular formula is C16H19NO. The third-order valence-corrected chi connectivity index (χ3v) is 3.88. The van der Waals surface area contributed by atoms with E-state index in [0.717, 1.165) is 29.3 Å². The molecule has 2 nitrogen and oxygen atoms in total. The van der Waals surface area contributed by atoms with Crippen molar-refractivity contribution in [3.8, 4) is 0 Å². The number of hydrogen-bond acceptors (Lipinski definition) is 2. The van der Waals surface area contributed by atoms with Gasteiger partial charge in [0.15, 0.2) is 0 Å². The largest absolute Gasteiger partial charge is 0.382 e. The molecule has 0 aliphatic heterocycles. The van der Waals surface area contributed by atoms with Crippen LogP contribution in [0.4, 0.5) is 0 Å². The van der Waals surface area contributed by atoms with Gasteiger partial charge in [0.05, 0.1) is 5.70 Å². The molecule has 1 atom stereocenters. The number of carbonyl (C=O) groups excluding carboxylic acids is 1. The van der Waals surface area contributed by atoms with Crippen LogP contribution in [0, 0.1) is 12.8 Å². The van der Waals surface area contributed by atoms with E-state index in [1.165, 1.54) is 18.4 Å². The summed E-state index contributed by atoms with van der Waals surface area (Å²) in [5.41, 5.74) is 4.05. The second kappa shape index (κ2) is 4.27. The SMILES string of the molecule is Cc1ccc2c(c1)C(C)C=C(NCC1CC1)C2=O. The first kappa shape index (κ1) is 11.5. The van der Waals surface area contributed by atoms with Gasteiger partial charge in [-0.15, -0.1) is 0 Å². The lowest BCUT2D eigenvalue weighted by molar-refractivity contribution is 0.102. The molecule has 0 spiro atoms. The molecule has 0 aromatic heterocycles. The molecule has 0 radical (unpaired) electrons. The van der Waals surface area contributed by atoms with Crippen molar-refractivity contribution in [2.75, 3.05) is 6.54 Å². The van der Waals surface area contributed by atoms with Gasteiger partial charge in [-0.05, 0) is 37.3 Å². The van der Waals surface area contributed by atoms with Crippen LogP contribution in [0.25, 0.3) is 0 Å². The first-order valence-corrected chi connectivity index (χ1v) is 6.76. The predicted octanol–water partition coefficient (Wildman–Crippen LogP) is 3.18. The van der Waals surface area contributed by atoms with Crippen molar-refractivity contribution in [1.29, 1.82) is 0 Å². The van der Waals surface area contributed by atoms with E-state index in [1.54, 1.807) is 0 Å². The Morgan fingerprint density at radius 1 is 1.33 bits per heavy atom. The summed E-state index contributed by atoms with van der Waals surface area (Å²) in [7, 11) is 0. The van der Waals surface area contributed by atoms with Gasteiger partial charge < -0.3 is 5.32 Å². The zero-order valence-electron chi connectivity index (χ0n) is 11.0. The Balaban J connectivity index is 1.87. The van der Waals surface area contributed by atoms with Gasteiger partial charge in [0, 0.05) is 18.0 Å². The number of nitrogens with one attached hydrogen (secondary N) is 1. The van der Waals surface area contributed by atoms with Gasteiger partial charge in [-0.25, -0.2) is 0 Å². The van der Waals surface area contributed by atoms with E-state index in [1.807, 2.05) is 12.1 Å². The summed E-state index contributed by atoms with van der Waals surface area (Å²) in [6, 6.07) is 6.12. The second-order valence-corrected chi connectivity index (χ2v) is 5.61. The fraction of sp³-hybridized carbons (Fsp3) is 0.438. The molecule has 1 saturated carbocycles. The van der Waals surface area contributed by atoms with E-state index >= 15 is 0 Å². The molecule has 0 heterocycles. The highest BCUT2D eigenvalue weighted by Crippen LogP contribution is 2.31. The van der Waals surface area contributed by atoms with Crippen molar-refractivity contribution >= 4 is 5.78 Å². The van der Waals surface area contributed by atoms with E-state index in [4.69, 9.17) is 0 Å². The van der Waals surface area contributed by atoms with Crippen molar-refractivity contribution < 1.29 is 4.79 Å². The maximum Gasteiger partial charge on any atom is 0.208 e. The maximum atomic E-state index is 12.4. The smallest absolute Gasteiger partial charge is 0.208 e. The number of carbonyl (C=O) groups is 1. The summed E-state index contributed by atoms with van der Waals surface area (Å²) in [6.07, 6.45) is 4.69. The number of aryl methyl sites for hydroxylation is 1. The standard InChI is InChI=1S/C16H19NO/c1-10-3-6-13-14(7-10)11(2)8-15(16(13)18)17-9-12-4-5-12/h3,6-8,11-12,17H,4-5,9H2,1-2H3. The zero-order valence-corrected chi connectivity index (χ0v) is 11.0. The van der Waals surface area contributed by atoms with Gasteiger partial charge >= 0.3 is 0 Å². The highest BCUT2D eigenvalue weighted by molar-refractivity contribution is 6.10. The lowest BCUT2D eigenvalue weighted by atomic mass is 9.85. The Morgan fingerprint density at radius 3 is 2.83 bits per heavy atom. The van der Waals surface area contributed by atoms with Crippen LogP contribution in [0.15, 0.2) is 30.0 Å². The molecule has 1 N–H and O–H groups in total. The van der Waals surface area contributed by atoms with Gasteiger partial charge in [-0.2, -0.15) is 0 Å². The third kappa shape index (κ3) is 2.07. The summed E-state index contributed by atoms with van der Waals surface area (Å²) in [4.78, 5) is 12.4. The minimum atomic E-state index is 0.156. The summed E-state index contributed by atoms with van der Waals surface area (Å²) >= 11 is 0. The van der Waals surface area contributed by atoms with Crippen molar-refractivity contribution in [1.82, 2.24) is 5.32 Å². The molecule has 1 unspecified atom stereocenters. The highest BCUT2D eigenvalue weighted by Gasteiger charge is 2.27. The normalized spacial score (nSPS) is 22.4. The van der Waals surface area contributed by atoms with Crippen LogP contribution >= 0.6 is 0 Å². The van der Waals surface area contributed by atoms with Crippen molar-refractivity contribution in [3.05, 3.63) is 46.7 Å². The average molecular weight is 241 g/mol. The molecule has 1 fully saturated rings. The fourth-order valence-corrected chi connectivity index (χ4v) is 2.54. The second-order valence-electron chi connectivity index (χ2n) is 5.61. The molecule has 1 aromatic rings. The Kier molecular flexibility index (Phi) is 2.73. The minimum Gasteiger partial charge on any atom is -0.382 e. The third-order valence-electron chi connectivity index (χ3n) is 3.88. The molecule has 1 aromatic carbocycles. The van der Waals surface area contributed by atoms with Gasteiger partial charge in [0.1, 0.15) is 0 Å². The number of fused-ring (bicyclic) bond motifs is 1. The van der Waals surface area contributed by atoms with Crippen LogP contribution < -0.4 is 5.32 Å². The van der Waals surface area contributed by atoms with Gasteiger partial charge in [0.2, 0.25) is 5.78 Å². The van der Waals surface area contributed by atoms with Crippen molar-refractivity contribution in [3.63, 3.8) is 0 Å². The first-order chi connectivity index (χ1) is 8.65. The first-order valence-electron chi connectivity index (χ1n) is 6.76. The van der Waals surface area contributed by atoms with Crippen LogP contribution in [-0.4, -0.2) is 12.3 Å². The summed E-state index contributed by atoms with van der Waals surface area (Å²) < 4.78 is 0. The number of benzene rings is 1. The average Bonchev–Trinajstić information content (AvgIpc) is 3.16. The van der Waals surface area contributed by atoms with Gasteiger partial charge in [-0.1, -0.05) is 30.7 Å². The lowest BCUT2D eigenvalue weighted by Crippen LogP contribution is -2.27. The monoisotopic (exact) mass is 241 g/mol. The van der Waals surface area contributed by atoms with Crippen molar-refractivity contribution in [2.45, 2.75) is 32.6 Å². The molecule has 2 aliphatic rings. The molecule has 0 amide bonds. The minimum absolute atomic E-state index is 0.156. The topological polar surface area (TPSA) is 29.1 Å². The van der Waals surface area contributed by atoms with E-state index in [9.17, 15) is 4.79 Å². The Labute approximate surface area is 108 Å². The number of ketones is 1. The Hall–Kier alpha value is -1.57. The quantitative estimate of drug-likeness (QED) is 0.880. The summed E-state index contributed by atoms with van der Waals surface area (Å²) in [5.74, 6) is 1.26. The Morgan fingerprint density at radius 2 is 2.11 bits per heavy atom. The van der Waals surface area contributed by atoms with E-state index in [0.29, 0.717) is 5.92 Å². The number of allylic oxidation sites excluding steroid dienone is 2. The highest BCUT2D eigenvalue weighted by atomic mass is 16.1. The molecule has 2 heteroatoms. The molecular weight excluding hydrogens is 222 g/mol. The van der Waals surface area contributed by atoms with Crippen LogP contribution in [0.3, 0.4) is 0 Å². The molecule has 3 rings (SSSR count).